The van der Waals surface area contributed by atoms with Crippen molar-refractivity contribution in [3.05, 3.63) is 0 Å². The Balaban J connectivity index is 0.000000313. The Kier molecular flexibility index (Phi) is 11.8. The van der Waals surface area contributed by atoms with Crippen LogP contribution >= 0.6 is 0 Å². The van der Waals surface area contributed by atoms with E-state index in [2.05, 4.69) is 27.7 Å². The third-order valence-corrected chi connectivity index (χ3v) is 11.4. The van der Waals surface area contributed by atoms with E-state index in [0.717, 1.165) is 40.9 Å². The molecule has 218 valence electrons. The van der Waals surface area contributed by atoms with E-state index in [4.69, 9.17) is 20.4 Å². The summed E-state index contributed by atoms with van der Waals surface area (Å²) in [6, 6.07) is 0. The fourth-order valence-electron chi connectivity index (χ4n) is 9.62. The van der Waals surface area contributed by atoms with E-state index in [-0.39, 0.29) is 17.1 Å². The van der Waals surface area contributed by atoms with E-state index in [1.807, 2.05) is 0 Å². The Labute approximate surface area is 239 Å². The normalized spacial score (nSPS) is 38.0. The van der Waals surface area contributed by atoms with E-state index in [1.165, 1.54) is 25.7 Å². The van der Waals surface area contributed by atoms with Crippen molar-refractivity contribution in [2.75, 3.05) is 0 Å². The van der Waals surface area contributed by atoms with E-state index in [0.29, 0.717) is 5.41 Å². The third-order valence-electron chi connectivity index (χ3n) is 11.4. The number of aliphatic carboxylic acids is 3. The predicted molar refractivity (Wildman–Crippen MR) is 141 cm³/mol. The number of carboxylic acids is 3. The van der Waals surface area contributed by atoms with Gasteiger partial charge in [0.2, 0.25) is 0 Å². The molecule has 4 N–H and O–H groups in total. The molecule has 4 aliphatic carbocycles. The van der Waals surface area contributed by atoms with Gasteiger partial charge in [0.05, 0.1) is 6.42 Å². The molecule has 0 bridgehead atoms. The molecule has 0 aliphatic heterocycles. The molecule has 0 spiro atoms. The predicted octanol–water partition coefficient (Wildman–Crippen LogP) is 6.08. The van der Waals surface area contributed by atoms with E-state index >= 15 is 0 Å². The van der Waals surface area contributed by atoms with Gasteiger partial charge in [-0.1, -0.05) is 53.4 Å². The molecule has 0 heterocycles. The van der Waals surface area contributed by atoms with Crippen LogP contribution in [0.15, 0.2) is 0 Å². The maximum atomic E-state index is 10.3. The average Bonchev–Trinajstić information content (AvgIpc) is 3.19. The molecule has 4 saturated carbocycles. The second-order valence-electron chi connectivity index (χ2n) is 13.2. The molecule has 10 atom stereocenters. The van der Waals surface area contributed by atoms with E-state index in [1.54, 1.807) is 51.4 Å². The monoisotopic (exact) mass is 578 g/mol. The quantitative estimate of drug-likeness (QED) is 0.257. The standard InChI is InChI=1S/C24H42.C6H8O7.Fe/c1-5-8-17(2)20-12-13-21-19-11-10-18-9-6-7-15-23(18,3)22(19)14-16-24(20,21)4;7-3(8)1-2(5(10)11)4(9)6(12)13;/h17-22H,5-16H2,1-4H3;2,4,9H,1H2,(H,7,8)(H,10,11)(H,12,13);/q;;+2/t17-,18?,19?,20-,21?,22?,23+,24-;;/m1../s1. The first-order valence-electron chi connectivity index (χ1n) is 14.7. The first-order valence-corrected chi connectivity index (χ1v) is 14.7. The van der Waals surface area contributed by atoms with Gasteiger partial charge in [0.25, 0.3) is 0 Å². The summed E-state index contributed by atoms with van der Waals surface area (Å²) in [6.07, 6.45) is 15.3. The minimum Gasteiger partial charge on any atom is -0.481 e. The van der Waals surface area contributed by atoms with Crippen LogP contribution < -0.4 is 0 Å². The van der Waals surface area contributed by atoms with Gasteiger partial charge < -0.3 is 20.4 Å². The summed E-state index contributed by atoms with van der Waals surface area (Å²) in [4.78, 5) is 30.5. The van der Waals surface area contributed by atoms with Crippen molar-refractivity contribution in [3.63, 3.8) is 0 Å². The molecular weight excluding hydrogens is 528 g/mol. The number of hydrogen-bond donors (Lipinski definition) is 4. The van der Waals surface area contributed by atoms with Gasteiger partial charge in [0.15, 0.2) is 6.10 Å². The number of hydrogen-bond acceptors (Lipinski definition) is 4. The number of rotatable bonds is 8. The molecule has 4 aliphatic rings. The van der Waals surface area contributed by atoms with Crippen LogP contribution in [0.2, 0.25) is 0 Å². The van der Waals surface area contributed by atoms with Crippen LogP contribution in [0.5, 0.6) is 0 Å². The van der Waals surface area contributed by atoms with Gasteiger partial charge in [-0.25, -0.2) is 4.79 Å². The minimum absolute atomic E-state index is 0. The molecule has 4 fully saturated rings. The Hall–Kier alpha value is -1.11. The van der Waals surface area contributed by atoms with Gasteiger partial charge in [-0.15, -0.1) is 0 Å². The molecule has 38 heavy (non-hydrogen) atoms. The summed E-state index contributed by atoms with van der Waals surface area (Å²) in [7, 11) is 0. The van der Waals surface area contributed by atoms with Crippen LogP contribution in [0.25, 0.3) is 0 Å². The Bertz CT molecular complexity index is 833. The van der Waals surface area contributed by atoms with Crippen molar-refractivity contribution in [1.29, 1.82) is 0 Å². The largest absolute Gasteiger partial charge is 2.00 e. The van der Waals surface area contributed by atoms with Crippen molar-refractivity contribution < 1.29 is 51.9 Å². The van der Waals surface area contributed by atoms with Crippen LogP contribution in [0.3, 0.4) is 0 Å². The first-order chi connectivity index (χ1) is 17.4. The van der Waals surface area contributed by atoms with Crippen LogP contribution in [-0.4, -0.2) is 44.4 Å². The summed E-state index contributed by atoms with van der Waals surface area (Å²) in [5.41, 5.74) is 1.41. The zero-order chi connectivity index (χ0) is 27.5. The number of fused-ring (bicyclic) bond motifs is 5. The molecule has 0 saturated heterocycles. The molecule has 8 heteroatoms. The molecule has 0 amide bonds. The summed E-state index contributed by atoms with van der Waals surface area (Å²) in [5, 5.41) is 33.5. The second kappa shape index (κ2) is 13.5. The summed E-state index contributed by atoms with van der Waals surface area (Å²) in [6.45, 7) is 10.4. The smallest absolute Gasteiger partial charge is 0.481 e. The van der Waals surface area contributed by atoms with Gasteiger partial charge in [-0.2, -0.15) is 0 Å². The maximum Gasteiger partial charge on any atom is 2.00 e. The SMILES string of the molecule is CCC[C@@H](C)[C@H]1CCC2C3CCC4CCCC[C@]4(C)C3CC[C@@]21C.O=C(O)CC(C(=O)O)C(O)C(=O)O.[Fe+2]. The van der Waals surface area contributed by atoms with Crippen LogP contribution in [-0.2, 0) is 31.5 Å². The maximum absolute atomic E-state index is 10.3. The number of carboxylic acid groups (broad SMARTS) is 3. The van der Waals surface area contributed by atoms with Gasteiger partial charge in [0.1, 0.15) is 5.92 Å². The Morgan fingerprint density at radius 3 is 2.08 bits per heavy atom. The summed E-state index contributed by atoms with van der Waals surface area (Å²) < 4.78 is 0. The van der Waals surface area contributed by atoms with Crippen molar-refractivity contribution in [1.82, 2.24) is 0 Å². The van der Waals surface area contributed by atoms with Gasteiger partial charge in [-0.3, -0.25) is 9.59 Å². The molecule has 0 aromatic carbocycles. The van der Waals surface area contributed by atoms with Crippen molar-refractivity contribution in [2.45, 2.75) is 117 Å². The molecule has 7 nitrogen and oxygen atoms in total. The topological polar surface area (TPSA) is 132 Å². The first kappa shape index (κ1) is 33.1. The average molecular weight is 579 g/mol. The van der Waals surface area contributed by atoms with Crippen LogP contribution in [0.1, 0.15) is 111 Å². The number of carbonyl (C=O) groups is 3. The van der Waals surface area contributed by atoms with Gasteiger partial charge in [-0.05, 0) is 97.7 Å². The van der Waals surface area contributed by atoms with Crippen molar-refractivity contribution >= 4 is 17.9 Å². The molecule has 0 aromatic heterocycles. The number of aliphatic hydroxyl groups excluding tert-OH is 1. The zero-order valence-corrected chi connectivity index (χ0v) is 24.8. The van der Waals surface area contributed by atoms with E-state index < -0.39 is 36.4 Å². The third kappa shape index (κ3) is 6.60. The molecular formula is C30H50FeO7+2. The summed E-state index contributed by atoms with van der Waals surface area (Å²) >= 11 is 0. The van der Waals surface area contributed by atoms with Gasteiger partial charge >= 0.3 is 35.0 Å². The molecule has 0 aromatic rings. The van der Waals surface area contributed by atoms with Crippen molar-refractivity contribution in [2.24, 2.45) is 52.3 Å². The Morgan fingerprint density at radius 1 is 0.842 bits per heavy atom. The fraction of sp³-hybridized carbons (Fsp3) is 0.900. The fourth-order valence-corrected chi connectivity index (χ4v) is 9.62. The van der Waals surface area contributed by atoms with Gasteiger partial charge in [0, 0.05) is 0 Å². The van der Waals surface area contributed by atoms with Crippen LogP contribution in [0, 0.1) is 52.3 Å². The number of aliphatic hydroxyl groups is 1. The molecule has 4 rings (SSSR count). The Morgan fingerprint density at radius 2 is 1.50 bits per heavy atom. The molecule has 0 radical (unpaired) electrons. The summed E-state index contributed by atoms with van der Waals surface area (Å²) in [5.74, 6) is -0.415. The van der Waals surface area contributed by atoms with Crippen molar-refractivity contribution in [3.8, 4) is 0 Å². The van der Waals surface area contributed by atoms with Crippen LogP contribution in [0.4, 0.5) is 0 Å². The van der Waals surface area contributed by atoms with E-state index in [9.17, 15) is 14.4 Å². The second-order valence-corrected chi connectivity index (χ2v) is 13.2. The minimum atomic E-state index is -2.20. The zero-order valence-electron chi connectivity index (χ0n) is 23.7. The molecule has 6 unspecified atom stereocenters.